The molecule has 3 aromatic heterocycles. The Labute approximate surface area is 150 Å². The quantitative estimate of drug-likeness (QED) is 0.770. The van der Waals surface area contributed by atoms with E-state index in [1.165, 1.54) is 0 Å². The highest BCUT2D eigenvalue weighted by Gasteiger charge is 2.33. The third-order valence-corrected chi connectivity index (χ3v) is 5.15. The third kappa shape index (κ3) is 2.66. The molecule has 4 heterocycles. The summed E-state index contributed by atoms with van der Waals surface area (Å²) in [5, 5.41) is 14.9. The Morgan fingerprint density at radius 1 is 1.31 bits per heavy atom. The summed E-state index contributed by atoms with van der Waals surface area (Å²) in [7, 11) is 0. The van der Waals surface area contributed by atoms with E-state index in [1.807, 2.05) is 16.9 Å². The first-order valence-corrected chi connectivity index (χ1v) is 9.03. The zero-order chi connectivity index (χ0) is 17.7. The van der Waals surface area contributed by atoms with Crippen LogP contribution in [0.5, 0.6) is 0 Å². The number of fused-ring (bicyclic) bond motifs is 2. The number of aromatic nitrogens is 5. The van der Waals surface area contributed by atoms with Crippen LogP contribution < -0.4 is 0 Å². The van der Waals surface area contributed by atoms with Crippen molar-refractivity contribution in [2.24, 2.45) is 5.92 Å². The third-order valence-electron chi connectivity index (χ3n) is 5.15. The number of hydrogen-bond acceptors (Lipinski definition) is 5. The van der Waals surface area contributed by atoms with Crippen LogP contribution in [0.25, 0.3) is 5.78 Å². The second-order valence-electron chi connectivity index (χ2n) is 7.10. The average Bonchev–Trinajstić information content (AvgIpc) is 3.34. The van der Waals surface area contributed by atoms with Gasteiger partial charge in [0.05, 0.1) is 17.9 Å². The zero-order valence-electron chi connectivity index (χ0n) is 14.3. The number of amides is 1. The van der Waals surface area contributed by atoms with Crippen LogP contribution in [-0.2, 0) is 13.1 Å². The van der Waals surface area contributed by atoms with Crippen LogP contribution in [0.15, 0.2) is 30.7 Å². The molecule has 1 atom stereocenters. The molecule has 0 spiro atoms. The molecule has 26 heavy (non-hydrogen) atoms. The van der Waals surface area contributed by atoms with Gasteiger partial charge in [-0.3, -0.25) is 13.9 Å². The number of rotatable bonds is 3. The zero-order valence-corrected chi connectivity index (χ0v) is 14.3. The molecule has 0 bridgehead atoms. The largest absolute Gasteiger partial charge is 0.386 e. The lowest BCUT2D eigenvalue weighted by Gasteiger charge is -2.18. The van der Waals surface area contributed by atoms with Crippen LogP contribution in [0, 0.1) is 5.92 Å². The summed E-state index contributed by atoms with van der Waals surface area (Å²) in [4.78, 5) is 23.2. The van der Waals surface area contributed by atoms with Gasteiger partial charge in [0.25, 0.3) is 5.91 Å². The first-order valence-electron chi connectivity index (χ1n) is 9.03. The molecule has 1 aliphatic heterocycles. The molecule has 0 saturated heterocycles. The smallest absolute Gasteiger partial charge is 0.274 e. The maximum absolute atomic E-state index is 12.9. The molecule has 0 radical (unpaired) electrons. The maximum Gasteiger partial charge on any atom is 0.274 e. The lowest BCUT2D eigenvalue weighted by molar-refractivity contribution is 0.0740. The SMILES string of the molecule is O=C(c1cn2cccnc2n1)N1CCCn2nc([C@@H](O)C3CC3)cc2C1. The molecule has 2 aliphatic rings. The second-order valence-corrected chi connectivity index (χ2v) is 7.10. The standard InChI is InChI=1S/C18H20N6O2/c25-16(12-3-4-12)14-9-13-10-22(7-2-8-24(13)21-14)17(26)15-11-23-6-1-5-19-18(23)20-15/h1,5-6,9,11-12,16,25H,2-4,7-8,10H2/t16-/m0/s1. The normalized spacial score (nSPS) is 18.6. The van der Waals surface area contributed by atoms with Gasteiger partial charge in [0, 0.05) is 31.7 Å². The highest BCUT2D eigenvalue weighted by Crippen LogP contribution is 2.40. The number of hydrogen-bond donors (Lipinski definition) is 1. The number of carbonyl (C=O) groups is 1. The molecule has 1 saturated carbocycles. The van der Waals surface area contributed by atoms with Crippen molar-refractivity contribution in [3.8, 4) is 0 Å². The number of aliphatic hydroxyl groups is 1. The summed E-state index contributed by atoms with van der Waals surface area (Å²) in [6.07, 6.45) is 7.68. The number of carbonyl (C=O) groups excluding carboxylic acids is 1. The number of nitrogens with zero attached hydrogens (tertiary/aromatic N) is 6. The molecule has 3 aromatic rings. The van der Waals surface area contributed by atoms with E-state index in [1.54, 1.807) is 27.8 Å². The fourth-order valence-electron chi connectivity index (χ4n) is 3.55. The number of aliphatic hydroxyl groups excluding tert-OH is 1. The summed E-state index contributed by atoms with van der Waals surface area (Å²) < 4.78 is 3.68. The summed E-state index contributed by atoms with van der Waals surface area (Å²) in [6.45, 7) is 1.89. The van der Waals surface area contributed by atoms with Crippen molar-refractivity contribution < 1.29 is 9.90 Å². The Morgan fingerprint density at radius 2 is 2.19 bits per heavy atom. The minimum Gasteiger partial charge on any atom is -0.386 e. The molecule has 1 amide bonds. The summed E-state index contributed by atoms with van der Waals surface area (Å²) in [5.41, 5.74) is 2.09. The predicted octanol–water partition coefficient (Wildman–Crippen LogP) is 1.42. The van der Waals surface area contributed by atoms with Gasteiger partial charge in [0.1, 0.15) is 11.8 Å². The van der Waals surface area contributed by atoms with Gasteiger partial charge in [-0.1, -0.05) is 0 Å². The fourth-order valence-corrected chi connectivity index (χ4v) is 3.55. The Bertz CT molecular complexity index is 940. The molecule has 8 heteroatoms. The van der Waals surface area contributed by atoms with Gasteiger partial charge in [-0.15, -0.1) is 0 Å². The molecule has 0 unspecified atom stereocenters. The lowest BCUT2D eigenvalue weighted by atomic mass is 10.1. The average molecular weight is 352 g/mol. The van der Waals surface area contributed by atoms with Crippen molar-refractivity contribution in [3.63, 3.8) is 0 Å². The van der Waals surface area contributed by atoms with Gasteiger partial charge in [-0.2, -0.15) is 5.10 Å². The molecule has 5 rings (SSSR count). The summed E-state index contributed by atoms with van der Waals surface area (Å²) >= 11 is 0. The van der Waals surface area contributed by atoms with Crippen molar-refractivity contribution >= 4 is 11.7 Å². The molecule has 0 aromatic carbocycles. The first kappa shape index (κ1) is 15.5. The first-order chi connectivity index (χ1) is 12.7. The van der Waals surface area contributed by atoms with Crippen LogP contribution >= 0.6 is 0 Å². The minimum absolute atomic E-state index is 0.102. The topological polar surface area (TPSA) is 88.6 Å². The molecular formula is C18H20N6O2. The monoisotopic (exact) mass is 352 g/mol. The van der Waals surface area contributed by atoms with Crippen LogP contribution in [0.4, 0.5) is 0 Å². The van der Waals surface area contributed by atoms with E-state index >= 15 is 0 Å². The van der Waals surface area contributed by atoms with Crippen molar-refractivity contribution in [2.45, 2.75) is 38.5 Å². The van der Waals surface area contributed by atoms with Crippen molar-refractivity contribution in [1.82, 2.24) is 29.0 Å². The van der Waals surface area contributed by atoms with Crippen molar-refractivity contribution in [3.05, 3.63) is 47.8 Å². The molecule has 8 nitrogen and oxygen atoms in total. The number of imidazole rings is 1. The Morgan fingerprint density at radius 3 is 3.00 bits per heavy atom. The van der Waals surface area contributed by atoms with Crippen molar-refractivity contribution in [1.29, 1.82) is 0 Å². The number of aryl methyl sites for hydroxylation is 1. The van der Waals surface area contributed by atoms with Crippen LogP contribution in [0.1, 0.15) is 47.2 Å². The van der Waals surface area contributed by atoms with Gasteiger partial charge < -0.3 is 10.0 Å². The van der Waals surface area contributed by atoms with E-state index in [-0.39, 0.29) is 5.91 Å². The van der Waals surface area contributed by atoms with Gasteiger partial charge in [0.15, 0.2) is 0 Å². The highest BCUT2D eigenvalue weighted by molar-refractivity contribution is 5.92. The molecule has 1 fully saturated rings. The maximum atomic E-state index is 12.9. The Kier molecular flexibility index (Phi) is 3.53. The Hall–Kier alpha value is -2.74. The van der Waals surface area contributed by atoms with Gasteiger partial charge in [-0.25, -0.2) is 9.97 Å². The van der Waals surface area contributed by atoms with E-state index in [4.69, 9.17) is 0 Å². The van der Waals surface area contributed by atoms with Gasteiger partial charge >= 0.3 is 0 Å². The van der Waals surface area contributed by atoms with E-state index in [9.17, 15) is 9.90 Å². The van der Waals surface area contributed by atoms with Crippen LogP contribution in [-0.4, -0.2) is 46.6 Å². The van der Waals surface area contributed by atoms with Crippen LogP contribution in [0.2, 0.25) is 0 Å². The highest BCUT2D eigenvalue weighted by atomic mass is 16.3. The van der Waals surface area contributed by atoms with E-state index in [0.29, 0.717) is 30.5 Å². The van der Waals surface area contributed by atoms with E-state index < -0.39 is 6.10 Å². The Balaban J connectivity index is 1.40. The molecule has 1 aliphatic carbocycles. The molecular weight excluding hydrogens is 332 g/mol. The van der Waals surface area contributed by atoms with Crippen molar-refractivity contribution in [2.75, 3.05) is 6.54 Å². The fraction of sp³-hybridized carbons (Fsp3) is 0.444. The summed E-state index contributed by atoms with van der Waals surface area (Å²) in [5.74, 6) is 0.761. The van der Waals surface area contributed by atoms with Gasteiger partial charge in [0.2, 0.25) is 5.78 Å². The lowest BCUT2D eigenvalue weighted by Crippen LogP contribution is -2.31. The molecule has 1 N–H and O–H groups in total. The van der Waals surface area contributed by atoms with Crippen LogP contribution in [0.3, 0.4) is 0 Å². The van der Waals surface area contributed by atoms with Gasteiger partial charge in [-0.05, 0) is 37.3 Å². The summed E-state index contributed by atoms with van der Waals surface area (Å²) in [6, 6.07) is 3.75. The van der Waals surface area contributed by atoms with E-state index in [2.05, 4.69) is 15.1 Å². The minimum atomic E-state index is -0.483. The second kappa shape index (κ2) is 5.91. The van der Waals surface area contributed by atoms with E-state index in [0.717, 1.165) is 37.2 Å². The molecule has 134 valence electrons. The predicted molar refractivity (Wildman–Crippen MR) is 92.3 cm³/mol.